The van der Waals surface area contributed by atoms with Crippen molar-refractivity contribution in [2.24, 2.45) is 0 Å². The molecule has 2 unspecified atom stereocenters. The Hall–Kier alpha value is -1.29. The van der Waals surface area contributed by atoms with Crippen molar-refractivity contribution in [1.29, 1.82) is 0 Å². The molecule has 0 radical (unpaired) electrons. The first kappa shape index (κ1) is 10.2. The first-order valence-corrected chi connectivity index (χ1v) is 5.16. The summed E-state index contributed by atoms with van der Waals surface area (Å²) in [5.41, 5.74) is 0. The Balaban J connectivity index is 1.86. The fourth-order valence-electron chi connectivity index (χ4n) is 1.95. The number of methoxy groups -OCH3 is 1. The molecule has 0 spiro atoms. The van der Waals surface area contributed by atoms with Gasteiger partial charge in [-0.2, -0.15) is 0 Å². The van der Waals surface area contributed by atoms with Crippen molar-refractivity contribution in [3.05, 3.63) is 24.2 Å². The van der Waals surface area contributed by atoms with Crippen molar-refractivity contribution in [2.45, 2.75) is 31.4 Å². The number of amides is 1. The number of ether oxygens (including phenoxy) is 1. The Morgan fingerprint density at radius 2 is 2.47 bits per heavy atom. The van der Waals surface area contributed by atoms with E-state index >= 15 is 0 Å². The van der Waals surface area contributed by atoms with Crippen molar-refractivity contribution in [2.75, 3.05) is 7.11 Å². The molecule has 4 heteroatoms. The lowest BCUT2D eigenvalue weighted by molar-refractivity contribution is 0.0889. The average molecular weight is 209 g/mol. The van der Waals surface area contributed by atoms with Gasteiger partial charge in [0, 0.05) is 13.2 Å². The lowest BCUT2D eigenvalue weighted by Crippen LogP contribution is -2.33. The summed E-state index contributed by atoms with van der Waals surface area (Å²) in [5, 5.41) is 2.93. The molecule has 1 aliphatic rings. The van der Waals surface area contributed by atoms with Crippen LogP contribution in [0.15, 0.2) is 22.8 Å². The minimum Gasteiger partial charge on any atom is -0.459 e. The highest BCUT2D eigenvalue weighted by Crippen LogP contribution is 2.21. The Kier molecular flexibility index (Phi) is 3.06. The molecule has 1 fully saturated rings. The van der Waals surface area contributed by atoms with Crippen molar-refractivity contribution in [3.8, 4) is 0 Å². The van der Waals surface area contributed by atoms with Crippen LogP contribution in [-0.2, 0) is 4.74 Å². The monoisotopic (exact) mass is 209 g/mol. The number of rotatable bonds is 3. The zero-order chi connectivity index (χ0) is 10.7. The number of nitrogens with one attached hydrogen (secondary N) is 1. The summed E-state index contributed by atoms with van der Waals surface area (Å²) in [6.07, 6.45) is 4.67. The van der Waals surface area contributed by atoms with Crippen LogP contribution >= 0.6 is 0 Å². The van der Waals surface area contributed by atoms with Gasteiger partial charge in [0.25, 0.3) is 5.91 Å². The molecule has 82 valence electrons. The minimum atomic E-state index is -0.137. The molecule has 2 rings (SSSR count). The smallest absolute Gasteiger partial charge is 0.287 e. The molecule has 4 nitrogen and oxygen atoms in total. The fourth-order valence-corrected chi connectivity index (χ4v) is 1.95. The van der Waals surface area contributed by atoms with Crippen LogP contribution in [0.4, 0.5) is 0 Å². The van der Waals surface area contributed by atoms with Crippen LogP contribution in [0.25, 0.3) is 0 Å². The molecule has 0 saturated heterocycles. The van der Waals surface area contributed by atoms with E-state index in [1.54, 1.807) is 19.2 Å². The second kappa shape index (κ2) is 4.49. The molecule has 0 bridgehead atoms. The molecule has 1 aromatic rings. The molecule has 1 N–H and O–H groups in total. The summed E-state index contributed by atoms with van der Waals surface area (Å²) in [7, 11) is 1.71. The zero-order valence-electron chi connectivity index (χ0n) is 8.73. The highest BCUT2D eigenvalue weighted by atomic mass is 16.5. The molecule has 0 aromatic carbocycles. The third-order valence-corrected chi connectivity index (χ3v) is 2.80. The summed E-state index contributed by atoms with van der Waals surface area (Å²) in [5.74, 6) is 0.234. The number of carbonyl (C=O) groups excluding carboxylic acids is 1. The summed E-state index contributed by atoms with van der Waals surface area (Å²) in [4.78, 5) is 11.6. The zero-order valence-corrected chi connectivity index (χ0v) is 8.73. The molecule has 1 aliphatic carbocycles. The standard InChI is InChI=1S/C11H15NO3/c1-14-9-5-4-8(7-9)12-11(13)10-3-2-6-15-10/h2-3,6,8-9H,4-5,7H2,1H3,(H,12,13). The third-order valence-electron chi connectivity index (χ3n) is 2.80. The third kappa shape index (κ3) is 2.39. The first-order valence-electron chi connectivity index (χ1n) is 5.16. The second-order valence-corrected chi connectivity index (χ2v) is 3.82. The van der Waals surface area contributed by atoms with Crippen LogP contribution in [0.2, 0.25) is 0 Å². The molecule has 1 aromatic heterocycles. The van der Waals surface area contributed by atoms with Gasteiger partial charge in [-0.25, -0.2) is 0 Å². The lowest BCUT2D eigenvalue weighted by Gasteiger charge is -2.11. The van der Waals surface area contributed by atoms with Gasteiger partial charge in [0.05, 0.1) is 12.4 Å². The molecule has 1 heterocycles. The Labute approximate surface area is 88.6 Å². The molecule has 2 atom stereocenters. The summed E-state index contributed by atoms with van der Waals surface area (Å²) in [6, 6.07) is 3.59. The van der Waals surface area contributed by atoms with E-state index in [9.17, 15) is 4.79 Å². The summed E-state index contributed by atoms with van der Waals surface area (Å²) >= 11 is 0. The van der Waals surface area contributed by atoms with Crippen LogP contribution in [0.3, 0.4) is 0 Å². The maximum Gasteiger partial charge on any atom is 0.287 e. The van der Waals surface area contributed by atoms with Gasteiger partial charge in [-0.1, -0.05) is 0 Å². The van der Waals surface area contributed by atoms with E-state index in [1.807, 2.05) is 0 Å². The first-order chi connectivity index (χ1) is 7.29. The minimum absolute atomic E-state index is 0.137. The summed E-state index contributed by atoms with van der Waals surface area (Å²) in [6.45, 7) is 0. The van der Waals surface area contributed by atoms with Gasteiger partial charge in [0.15, 0.2) is 5.76 Å². The highest BCUT2D eigenvalue weighted by Gasteiger charge is 2.26. The molecular weight excluding hydrogens is 194 g/mol. The van der Waals surface area contributed by atoms with E-state index in [0.717, 1.165) is 19.3 Å². The van der Waals surface area contributed by atoms with Gasteiger partial charge in [0.1, 0.15) is 0 Å². The van der Waals surface area contributed by atoms with Crippen LogP contribution in [0.1, 0.15) is 29.8 Å². The van der Waals surface area contributed by atoms with E-state index in [2.05, 4.69) is 5.32 Å². The number of hydrogen-bond acceptors (Lipinski definition) is 3. The van der Waals surface area contributed by atoms with Gasteiger partial charge < -0.3 is 14.5 Å². The van der Waals surface area contributed by atoms with Gasteiger partial charge in [0.2, 0.25) is 0 Å². The van der Waals surface area contributed by atoms with Gasteiger partial charge in [-0.3, -0.25) is 4.79 Å². The van der Waals surface area contributed by atoms with Gasteiger partial charge >= 0.3 is 0 Å². The van der Waals surface area contributed by atoms with Crippen LogP contribution in [0.5, 0.6) is 0 Å². The van der Waals surface area contributed by atoms with E-state index in [4.69, 9.17) is 9.15 Å². The average Bonchev–Trinajstić information content (AvgIpc) is 2.87. The Morgan fingerprint density at radius 3 is 3.07 bits per heavy atom. The molecule has 1 saturated carbocycles. The topological polar surface area (TPSA) is 51.5 Å². The van der Waals surface area contributed by atoms with Crippen LogP contribution in [0, 0.1) is 0 Å². The van der Waals surface area contributed by atoms with Crippen molar-refractivity contribution in [1.82, 2.24) is 5.32 Å². The van der Waals surface area contributed by atoms with Crippen molar-refractivity contribution in [3.63, 3.8) is 0 Å². The van der Waals surface area contributed by atoms with E-state index < -0.39 is 0 Å². The second-order valence-electron chi connectivity index (χ2n) is 3.82. The summed E-state index contributed by atoms with van der Waals surface area (Å²) < 4.78 is 10.3. The molecular formula is C11H15NO3. The maximum absolute atomic E-state index is 11.6. The predicted molar refractivity (Wildman–Crippen MR) is 54.6 cm³/mol. The largest absolute Gasteiger partial charge is 0.459 e. The Bertz CT molecular complexity index is 321. The van der Waals surface area contributed by atoms with Gasteiger partial charge in [-0.15, -0.1) is 0 Å². The van der Waals surface area contributed by atoms with E-state index in [1.165, 1.54) is 6.26 Å². The van der Waals surface area contributed by atoms with Crippen molar-refractivity contribution >= 4 is 5.91 Å². The van der Waals surface area contributed by atoms with Crippen LogP contribution in [-0.4, -0.2) is 25.2 Å². The van der Waals surface area contributed by atoms with Crippen LogP contribution < -0.4 is 5.32 Å². The fraction of sp³-hybridized carbons (Fsp3) is 0.545. The van der Waals surface area contributed by atoms with E-state index in [0.29, 0.717) is 5.76 Å². The highest BCUT2D eigenvalue weighted by molar-refractivity contribution is 5.91. The van der Waals surface area contributed by atoms with E-state index in [-0.39, 0.29) is 18.1 Å². The number of furan rings is 1. The number of hydrogen-bond donors (Lipinski definition) is 1. The Morgan fingerprint density at radius 1 is 1.60 bits per heavy atom. The number of carbonyl (C=O) groups is 1. The molecule has 0 aliphatic heterocycles. The quantitative estimate of drug-likeness (QED) is 0.822. The van der Waals surface area contributed by atoms with Crippen molar-refractivity contribution < 1.29 is 13.9 Å². The maximum atomic E-state index is 11.6. The van der Waals surface area contributed by atoms with Gasteiger partial charge in [-0.05, 0) is 31.4 Å². The molecule has 1 amide bonds. The predicted octanol–water partition coefficient (Wildman–Crippen LogP) is 1.58. The molecule has 15 heavy (non-hydrogen) atoms. The normalized spacial score (nSPS) is 25.4. The SMILES string of the molecule is COC1CCC(NC(=O)c2ccco2)C1. The lowest BCUT2D eigenvalue weighted by atomic mass is 10.2.